The van der Waals surface area contributed by atoms with Crippen LogP contribution in [0.1, 0.15) is 17.3 Å². The van der Waals surface area contributed by atoms with E-state index >= 15 is 0 Å². The lowest BCUT2D eigenvalue weighted by atomic mass is 10.2. The van der Waals surface area contributed by atoms with Crippen molar-refractivity contribution in [3.63, 3.8) is 0 Å². The van der Waals surface area contributed by atoms with Gasteiger partial charge in [0, 0.05) is 11.3 Å². The van der Waals surface area contributed by atoms with Crippen LogP contribution in [0.5, 0.6) is 11.5 Å². The highest BCUT2D eigenvalue weighted by atomic mass is 35.5. The number of ether oxygens (including phenoxy) is 2. The van der Waals surface area contributed by atoms with Crippen LogP contribution in [0.15, 0.2) is 71.6 Å². The van der Waals surface area contributed by atoms with Crippen LogP contribution in [0.25, 0.3) is 0 Å². The molecule has 0 bridgehead atoms. The first kappa shape index (κ1) is 22.5. The zero-order valence-electron chi connectivity index (χ0n) is 16.9. The number of hydrogen-bond acceptors (Lipinski definition) is 5. The van der Waals surface area contributed by atoms with Crippen LogP contribution in [-0.4, -0.2) is 28.0 Å². The van der Waals surface area contributed by atoms with Crippen molar-refractivity contribution in [1.82, 2.24) is 0 Å². The molecule has 0 saturated carbocycles. The summed E-state index contributed by atoms with van der Waals surface area (Å²) in [7, 11) is -2.38. The predicted octanol–water partition coefficient (Wildman–Crippen LogP) is 4.80. The molecule has 0 aromatic heterocycles. The Bertz CT molecular complexity index is 1180. The van der Waals surface area contributed by atoms with Crippen molar-refractivity contribution in [2.45, 2.75) is 11.8 Å². The average Bonchev–Trinajstić information content (AvgIpc) is 2.76. The van der Waals surface area contributed by atoms with Crippen LogP contribution >= 0.6 is 11.6 Å². The topological polar surface area (TPSA) is 93.7 Å². The summed E-state index contributed by atoms with van der Waals surface area (Å²) in [6, 6.07) is 17.2. The first-order chi connectivity index (χ1) is 14.8. The lowest BCUT2D eigenvalue weighted by Crippen LogP contribution is -2.16. The van der Waals surface area contributed by atoms with Crippen LogP contribution in [0, 0.1) is 0 Å². The molecule has 0 aliphatic rings. The number of halogens is 1. The van der Waals surface area contributed by atoms with Crippen LogP contribution in [-0.2, 0) is 10.0 Å². The molecule has 7 nitrogen and oxygen atoms in total. The molecule has 0 unspecified atom stereocenters. The third-order valence-corrected chi connectivity index (χ3v) is 5.93. The second-order valence-electron chi connectivity index (χ2n) is 6.37. The number of methoxy groups -OCH3 is 1. The van der Waals surface area contributed by atoms with E-state index in [4.69, 9.17) is 21.1 Å². The number of nitrogens with one attached hydrogen (secondary N) is 2. The van der Waals surface area contributed by atoms with Crippen molar-refractivity contribution < 1.29 is 22.7 Å². The van der Waals surface area contributed by atoms with Gasteiger partial charge in [-0.1, -0.05) is 23.7 Å². The van der Waals surface area contributed by atoms with Gasteiger partial charge >= 0.3 is 0 Å². The maximum absolute atomic E-state index is 12.8. The Morgan fingerprint density at radius 1 is 1.03 bits per heavy atom. The van der Waals surface area contributed by atoms with Gasteiger partial charge in [-0.05, 0) is 61.5 Å². The minimum atomic E-state index is -3.90. The molecule has 0 fully saturated rings. The van der Waals surface area contributed by atoms with Crippen molar-refractivity contribution in [3.05, 3.63) is 77.3 Å². The molecule has 3 aromatic carbocycles. The molecule has 3 rings (SSSR count). The summed E-state index contributed by atoms with van der Waals surface area (Å²) >= 11 is 6.15. The minimum absolute atomic E-state index is 0.0490. The Hall–Kier alpha value is -3.23. The molecule has 9 heteroatoms. The highest BCUT2D eigenvalue weighted by molar-refractivity contribution is 7.92. The number of hydrogen-bond donors (Lipinski definition) is 2. The monoisotopic (exact) mass is 460 g/mol. The fourth-order valence-electron chi connectivity index (χ4n) is 2.77. The molecule has 31 heavy (non-hydrogen) atoms. The molecular formula is C22H21ClN2O5S. The van der Waals surface area contributed by atoms with Gasteiger partial charge < -0.3 is 14.8 Å². The number of anilines is 2. The molecule has 0 spiro atoms. The fraction of sp³-hybridized carbons (Fsp3) is 0.136. The van der Waals surface area contributed by atoms with Gasteiger partial charge in [0.05, 0.1) is 29.3 Å². The highest BCUT2D eigenvalue weighted by Crippen LogP contribution is 2.33. The van der Waals surface area contributed by atoms with E-state index in [0.29, 0.717) is 34.5 Å². The lowest BCUT2D eigenvalue weighted by molar-refractivity contribution is 0.102. The molecule has 0 radical (unpaired) electrons. The van der Waals surface area contributed by atoms with Crippen LogP contribution < -0.4 is 19.5 Å². The third kappa shape index (κ3) is 5.48. The van der Waals surface area contributed by atoms with E-state index in [2.05, 4.69) is 10.0 Å². The quantitative estimate of drug-likeness (QED) is 0.503. The summed E-state index contributed by atoms with van der Waals surface area (Å²) in [5, 5.41) is 3.08. The van der Waals surface area contributed by atoms with Gasteiger partial charge in [0.1, 0.15) is 5.75 Å². The van der Waals surface area contributed by atoms with Crippen LogP contribution in [0.2, 0.25) is 5.02 Å². The smallest absolute Gasteiger partial charge is 0.261 e. The maximum Gasteiger partial charge on any atom is 0.261 e. The molecule has 0 aliphatic heterocycles. The van der Waals surface area contributed by atoms with Crippen molar-refractivity contribution in [3.8, 4) is 11.5 Å². The second kappa shape index (κ2) is 9.72. The molecule has 3 aromatic rings. The number of para-hydroxylation sites is 1. The first-order valence-corrected chi connectivity index (χ1v) is 11.2. The molecule has 0 saturated heterocycles. The number of carbonyl (C=O) groups excluding carboxylic acids is 1. The van der Waals surface area contributed by atoms with Crippen LogP contribution in [0.3, 0.4) is 0 Å². The average molecular weight is 461 g/mol. The lowest BCUT2D eigenvalue weighted by Gasteiger charge is -2.13. The third-order valence-electron chi connectivity index (χ3n) is 4.25. The van der Waals surface area contributed by atoms with Gasteiger partial charge in [-0.2, -0.15) is 0 Å². The Kier molecular flexibility index (Phi) is 7.04. The van der Waals surface area contributed by atoms with Gasteiger partial charge in [0.2, 0.25) is 0 Å². The van der Waals surface area contributed by atoms with Gasteiger partial charge in [-0.3, -0.25) is 9.52 Å². The molecule has 2 N–H and O–H groups in total. The van der Waals surface area contributed by atoms with E-state index < -0.39 is 15.9 Å². The van der Waals surface area contributed by atoms with E-state index in [1.807, 2.05) is 0 Å². The van der Waals surface area contributed by atoms with Gasteiger partial charge in [-0.15, -0.1) is 0 Å². The minimum Gasteiger partial charge on any atom is -0.497 e. The summed E-state index contributed by atoms with van der Waals surface area (Å²) in [5.41, 5.74) is 0.930. The number of carbonyl (C=O) groups is 1. The summed E-state index contributed by atoms with van der Waals surface area (Å²) < 4.78 is 38.6. The molecule has 0 heterocycles. The summed E-state index contributed by atoms with van der Waals surface area (Å²) in [6.45, 7) is 2.18. The van der Waals surface area contributed by atoms with E-state index in [0.717, 1.165) is 0 Å². The number of benzene rings is 3. The summed E-state index contributed by atoms with van der Waals surface area (Å²) in [5.74, 6) is 0.462. The number of amides is 1. The first-order valence-electron chi connectivity index (χ1n) is 9.33. The van der Waals surface area contributed by atoms with Gasteiger partial charge in [0.15, 0.2) is 5.75 Å². The normalized spacial score (nSPS) is 10.9. The Morgan fingerprint density at radius 3 is 2.42 bits per heavy atom. The maximum atomic E-state index is 12.8. The Balaban J connectivity index is 1.82. The van der Waals surface area contributed by atoms with Crippen molar-refractivity contribution in [2.75, 3.05) is 23.8 Å². The molecular weight excluding hydrogens is 440 g/mol. The van der Waals surface area contributed by atoms with Crippen molar-refractivity contribution >= 4 is 38.9 Å². The Labute approximate surface area is 186 Å². The van der Waals surface area contributed by atoms with Crippen molar-refractivity contribution in [1.29, 1.82) is 0 Å². The molecule has 1 amide bonds. The molecule has 0 atom stereocenters. The van der Waals surface area contributed by atoms with Gasteiger partial charge in [-0.25, -0.2) is 8.42 Å². The van der Waals surface area contributed by atoms with Crippen molar-refractivity contribution in [2.24, 2.45) is 0 Å². The predicted molar refractivity (Wildman–Crippen MR) is 121 cm³/mol. The molecule has 0 aliphatic carbocycles. The van der Waals surface area contributed by atoms with Gasteiger partial charge in [0.25, 0.3) is 15.9 Å². The Morgan fingerprint density at radius 2 is 1.74 bits per heavy atom. The van der Waals surface area contributed by atoms with E-state index in [1.54, 1.807) is 49.4 Å². The zero-order valence-corrected chi connectivity index (χ0v) is 18.5. The largest absolute Gasteiger partial charge is 0.497 e. The zero-order chi connectivity index (χ0) is 22.4. The number of sulfonamides is 1. The SMILES string of the molecule is CCOc1c(Cl)cccc1NC(=O)c1cccc(S(=O)(=O)Nc2ccc(OC)cc2)c1. The highest BCUT2D eigenvalue weighted by Gasteiger charge is 2.18. The summed E-state index contributed by atoms with van der Waals surface area (Å²) in [6.07, 6.45) is 0. The van der Waals surface area contributed by atoms with E-state index in [9.17, 15) is 13.2 Å². The standard InChI is InChI=1S/C22H21ClN2O5S/c1-3-30-21-19(23)8-5-9-20(21)24-22(26)15-6-4-7-18(14-15)31(27,28)25-16-10-12-17(29-2)13-11-16/h4-14,25H,3H2,1-2H3,(H,24,26). The second-order valence-corrected chi connectivity index (χ2v) is 8.46. The number of rotatable bonds is 8. The van der Waals surface area contributed by atoms with E-state index in [1.165, 1.54) is 31.4 Å². The fourth-order valence-corrected chi connectivity index (χ4v) is 4.10. The summed E-state index contributed by atoms with van der Waals surface area (Å²) in [4.78, 5) is 12.7. The molecule has 162 valence electrons. The van der Waals surface area contributed by atoms with Crippen LogP contribution in [0.4, 0.5) is 11.4 Å². The van der Waals surface area contributed by atoms with E-state index in [-0.39, 0.29) is 10.5 Å².